The van der Waals surface area contributed by atoms with E-state index in [1.165, 1.54) is 11.6 Å². The lowest BCUT2D eigenvalue weighted by molar-refractivity contribution is 0.0265. The third-order valence-electron chi connectivity index (χ3n) is 3.58. The Hall–Kier alpha value is -1.84. The Morgan fingerprint density at radius 3 is 2.68 bits per heavy atom. The van der Waals surface area contributed by atoms with Crippen LogP contribution in [0.1, 0.15) is 39.2 Å². The number of carbonyl (C=O) groups excluding carboxylic acids is 1. The molecule has 0 unspecified atom stereocenters. The predicted octanol–water partition coefficient (Wildman–Crippen LogP) is 4.33. The van der Waals surface area contributed by atoms with Gasteiger partial charge in [-0.1, -0.05) is 23.8 Å². The molecule has 1 heterocycles. The maximum atomic E-state index is 13.1. The van der Waals surface area contributed by atoms with Crippen LogP contribution in [0.2, 0.25) is 0 Å². The van der Waals surface area contributed by atoms with Crippen LogP contribution in [0.3, 0.4) is 0 Å². The number of aryl methyl sites for hydroxylation is 1. The average Bonchev–Trinajstić information content (AvgIpc) is 2.44. The van der Waals surface area contributed by atoms with E-state index in [4.69, 9.17) is 4.74 Å². The molecule has 0 radical (unpaired) electrons. The van der Waals surface area contributed by atoms with Gasteiger partial charge in [0, 0.05) is 13.1 Å². The van der Waals surface area contributed by atoms with Gasteiger partial charge in [-0.25, -0.2) is 9.18 Å². The SMILES string of the molecule is CC(C)(C)OC(=O)N1CC=C(CCc2cccc(F)c2)CC1. The third-order valence-corrected chi connectivity index (χ3v) is 3.58. The van der Waals surface area contributed by atoms with Crippen molar-refractivity contribution in [3.63, 3.8) is 0 Å². The van der Waals surface area contributed by atoms with Crippen molar-refractivity contribution in [1.82, 2.24) is 4.90 Å². The van der Waals surface area contributed by atoms with Gasteiger partial charge < -0.3 is 9.64 Å². The highest BCUT2D eigenvalue weighted by molar-refractivity contribution is 5.68. The molecule has 0 atom stereocenters. The van der Waals surface area contributed by atoms with Crippen molar-refractivity contribution >= 4 is 6.09 Å². The zero-order valence-corrected chi connectivity index (χ0v) is 13.6. The standard InChI is InChI=1S/C18H24FNO2/c1-18(2,3)22-17(21)20-11-9-14(10-12-20)7-8-15-5-4-6-16(19)13-15/h4-6,9,13H,7-8,10-12H2,1-3H3. The van der Waals surface area contributed by atoms with Gasteiger partial charge in [0.15, 0.2) is 0 Å². The van der Waals surface area contributed by atoms with Crippen molar-refractivity contribution in [2.75, 3.05) is 13.1 Å². The molecule has 4 heteroatoms. The molecule has 1 amide bonds. The molecule has 0 aromatic heterocycles. The van der Waals surface area contributed by atoms with Crippen molar-refractivity contribution < 1.29 is 13.9 Å². The Balaban J connectivity index is 1.83. The van der Waals surface area contributed by atoms with E-state index in [0.29, 0.717) is 13.1 Å². The molecule has 0 bridgehead atoms. The normalized spacial score (nSPS) is 15.5. The van der Waals surface area contributed by atoms with Crippen LogP contribution in [0.25, 0.3) is 0 Å². The molecule has 0 aliphatic carbocycles. The maximum Gasteiger partial charge on any atom is 0.410 e. The molecule has 22 heavy (non-hydrogen) atoms. The molecule has 1 aromatic carbocycles. The number of carbonyl (C=O) groups is 1. The van der Waals surface area contributed by atoms with Crippen molar-refractivity contribution in [2.45, 2.75) is 45.6 Å². The highest BCUT2D eigenvalue weighted by Crippen LogP contribution is 2.19. The van der Waals surface area contributed by atoms with Crippen molar-refractivity contribution in [3.05, 3.63) is 47.3 Å². The maximum absolute atomic E-state index is 13.1. The Morgan fingerprint density at radius 1 is 1.32 bits per heavy atom. The smallest absolute Gasteiger partial charge is 0.410 e. The van der Waals surface area contributed by atoms with E-state index < -0.39 is 5.60 Å². The second-order valence-corrected chi connectivity index (χ2v) is 6.67. The number of amides is 1. The summed E-state index contributed by atoms with van der Waals surface area (Å²) in [5, 5.41) is 0. The van der Waals surface area contributed by atoms with E-state index in [1.54, 1.807) is 17.0 Å². The summed E-state index contributed by atoms with van der Waals surface area (Å²) in [5.74, 6) is -0.189. The lowest BCUT2D eigenvalue weighted by Crippen LogP contribution is -2.39. The van der Waals surface area contributed by atoms with Crippen LogP contribution in [0.5, 0.6) is 0 Å². The largest absolute Gasteiger partial charge is 0.444 e. The van der Waals surface area contributed by atoms with E-state index in [9.17, 15) is 9.18 Å². The van der Waals surface area contributed by atoms with E-state index in [0.717, 1.165) is 24.8 Å². The van der Waals surface area contributed by atoms with Crippen molar-refractivity contribution in [3.8, 4) is 0 Å². The number of nitrogens with zero attached hydrogens (tertiary/aromatic N) is 1. The first-order valence-electron chi connectivity index (χ1n) is 7.74. The predicted molar refractivity (Wildman–Crippen MR) is 85.2 cm³/mol. The Morgan fingerprint density at radius 2 is 2.09 bits per heavy atom. The molecule has 1 aliphatic heterocycles. The van der Waals surface area contributed by atoms with Gasteiger partial charge >= 0.3 is 6.09 Å². The summed E-state index contributed by atoms with van der Waals surface area (Å²) in [7, 11) is 0. The summed E-state index contributed by atoms with van der Waals surface area (Å²) < 4.78 is 18.5. The molecule has 2 rings (SSSR count). The van der Waals surface area contributed by atoms with Crippen molar-refractivity contribution in [2.24, 2.45) is 0 Å². The molecule has 0 saturated heterocycles. The van der Waals surface area contributed by atoms with Gasteiger partial charge in [-0.15, -0.1) is 0 Å². The molecular weight excluding hydrogens is 281 g/mol. The molecule has 120 valence electrons. The quantitative estimate of drug-likeness (QED) is 0.778. The highest BCUT2D eigenvalue weighted by Gasteiger charge is 2.23. The number of hydrogen-bond acceptors (Lipinski definition) is 2. The first-order chi connectivity index (χ1) is 10.3. The summed E-state index contributed by atoms with van der Waals surface area (Å²) in [5.41, 5.74) is 1.87. The zero-order valence-electron chi connectivity index (χ0n) is 13.6. The molecule has 3 nitrogen and oxygen atoms in total. The van der Waals surface area contributed by atoms with Crippen LogP contribution >= 0.6 is 0 Å². The molecule has 0 spiro atoms. The summed E-state index contributed by atoms with van der Waals surface area (Å²) in [6.45, 7) is 6.89. The minimum Gasteiger partial charge on any atom is -0.444 e. The first kappa shape index (κ1) is 16.5. The summed E-state index contributed by atoms with van der Waals surface area (Å²) in [6.07, 6.45) is 4.43. The van der Waals surface area contributed by atoms with Gasteiger partial charge in [-0.2, -0.15) is 0 Å². The topological polar surface area (TPSA) is 29.5 Å². The van der Waals surface area contributed by atoms with Crippen LogP contribution < -0.4 is 0 Å². The molecule has 0 saturated carbocycles. The van der Waals surface area contributed by atoms with Crippen LogP contribution in [0.4, 0.5) is 9.18 Å². The number of ether oxygens (including phenoxy) is 1. The van der Waals surface area contributed by atoms with E-state index >= 15 is 0 Å². The van der Waals surface area contributed by atoms with E-state index in [1.807, 2.05) is 26.8 Å². The van der Waals surface area contributed by atoms with Gasteiger partial charge in [0.2, 0.25) is 0 Å². The Bertz CT molecular complexity index is 560. The van der Waals surface area contributed by atoms with Gasteiger partial charge in [0.05, 0.1) is 0 Å². The lowest BCUT2D eigenvalue weighted by atomic mass is 10.00. The second kappa shape index (κ2) is 6.95. The average molecular weight is 305 g/mol. The van der Waals surface area contributed by atoms with Crippen LogP contribution in [0, 0.1) is 5.82 Å². The van der Waals surface area contributed by atoms with Gasteiger partial charge in [0.25, 0.3) is 0 Å². The monoisotopic (exact) mass is 305 g/mol. The highest BCUT2D eigenvalue weighted by atomic mass is 19.1. The fourth-order valence-electron chi connectivity index (χ4n) is 2.43. The molecule has 0 fully saturated rings. The third kappa shape index (κ3) is 5.17. The van der Waals surface area contributed by atoms with E-state index in [-0.39, 0.29) is 11.9 Å². The van der Waals surface area contributed by atoms with Crippen LogP contribution in [-0.2, 0) is 11.2 Å². The molecule has 0 N–H and O–H groups in total. The number of hydrogen-bond donors (Lipinski definition) is 0. The second-order valence-electron chi connectivity index (χ2n) is 6.67. The van der Waals surface area contributed by atoms with Crippen LogP contribution in [0.15, 0.2) is 35.9 Å². The minimum atomic E-state index is -0.460. The summed E-state index contributed by atoms with van der Waals surface area (Å²) >= 11 is 0. The van der Waals surface area contributed by atoms with E-state index in [2.05, 4.69) is 6.08 Å². The summed E-state index contributed by atoms with van der Waals surface area (Å²) in [6, 6.07) is 6.72. The number of benzene rings is 1. The Labute approximate surface area is 131 Å². The summed E-state index contributed by atoms with van der Waals surface area (Å²) in [4.78, 5) is 13.7. The fraction of sp³-hybridized carbons (Fsp3) is 0.500. The molecular formula is C18H24FNO2. The lowest BCUT2D eigenvalue weighted by Gasteiger charge is -2.29. The number of rotatable bonds is 3. The van der Waals surface area contributed by atoms with Gasteiger partial charge in [-0.05, 0) is 57.7 Å². The van der Waals surface area contributed by atoms with Crippen LogP contribution in [-0.4, -0.2) is 29.7 Å². The van der Waals surface area contributed by atoms with Gasteiger partial charge in [-0.3, -0.25) is 0 Å². The first-order valence-corrected chi connectivity index (χ1v) is 7.74. The fourth-order valence-corrected chi connectivity index (χ4v) is 2.43. The zero-order chi connectivity index (χ0) is 16.2. The molecule has 1 aliphatic rings. The number of halogens is 1. The minimum absolute atomic E-state index is 0.189. The van der Waals surface area contributed by atoms with Gasteiger partial charge in [0.1, 0.15) is 11.4 Å². The molecule has 1 aromatic rings. The van der Waals surface area contributed by atoms with Crippen molar-refractivity contribution in [1.29, 1.82) is 0 Å². The Kier molecular flexibility index (Phi) is 5.22.